The van der Waals surface area contributed by atoms with Gasteiger partial charge in [0.25, 0.3) is 0 Å². The predicted molar refractivity (Wildman–Crippen MR) is 164 cm³/mol. The number of rotatable bonds is 9. The van der Waals surface area contributed by atoms with Gasteiger partial charge in [-0.2, -0.15) is 0 Å². The van der Waals surface area contributed by atoms with Gasteiger partial charge in [0, 0.05) is 0 Å². The van der Waals surface area contributed by atoms with Crippen molar-refractivity contribution in [3.8, 4) is 11.5 Å². The van der Waals surface area contributed by atoms with Gasteiger partial charge in [-0.1, -0.05) is 13.8 Å². The van der Waals surface area contributed by atoms with E-state index < -0.39 is 5.97 Å². The van der Waals surface area contributed by atoms with Crippen molar-refractivity contribution in [1.82, 2.24) is 29.9 Å². The summed E-state index contributed by atoms with van der Waals surface area (Å²) >= 11 is 0. The van der Waals surface area contributed by atoms with Crippen LogP contribution in [0, 0.1) is 62.3 Å². The van der Waals surface area contributed by atoms with E-state index in [1.807, 2.05) is 76.2 Å². The van der Waals surface area contributed by atoms with Crippen LogP contribution in [0.3, 0.4) is 0 Å². The van der Waals surface area contributed by atoms with Crippen LogP contribution < -0.4 is 9.47 Å². The van der Waals surface area contributed by atoms with Gasteiger partial charge < -0.3 is 14.2 Å². The first-order chi connectivity index (χ1) is 20.4. The van der Waals surface area contributed by atoms with Crippen LogP contribution in [0.2, 0.25) is 0 Å². The first-order valence-electron chi connectivity index (χ1n) is 14.4. The smallest absolute Gasteiger partial charge is 0.338 e. The minimum Gasteiger partial charge on any atom is -0.483 e. The molecule has 0 aliphatic rings. The summed E-state index contributed by atoms with van der Waals surface area (Å²) in [7, 11) is 0. The number of hydrogen-bond donors (Lipinski definition) is 0. The quantitative estimate of drug-likeness (QED) is 0.204. The van der Waals surface area contributed by atoms with E-state index >= 15 is 0 Å². The maximum absolute atomic E-state index is 13.0. The van der Waals surface area contributed by atoms with Gasteiger partial charge in [-0.3, -0.25) is 29.9 Å². The maximum atomic E-state index is 13.0. The fourth-order valence-electron chi connectivity index (χ4n) is 4.07. The molecule has 0 saturated heterocycles. The summed E-state index contributed by atoms with van der Waals surface area (Å²) < 4.78 is 17.9. The van der Waals surface area contributed by atoms with Crippen LogP contribution in [-0.2, 0) is 24.6 Å². The van der Waals surface area contributed by atoms with Crippen LogP contribution in [0.25, 0.3) is 0 Å². The van der Waals surface area contributed by atoms with Crippen molar-refractivity contribution in [1.29, 1.82) is 0 Å². The molecule has 0 aliphatic heterocycles. The molecule has 0 bridgehead atoms. The Bertz CT molecular complexity index is 1620. The molecule has 3 heterocycles. The zero-order chi connectivity index (χ0) is 31.8. The first kappa shape index (κ1) is 33.0. The summed E-state index contributed by atoms with van der Waals surface area (Å²) in [5.41, 5.74) is 9.72. The number of aryl methyl sites for hydroxylation is 9. The highest BCUT2D eigenvalue weighted by molar-refractivity contribution is 5.90. The SMILES string of the molecule is CC.Cc1nc(C)c(COC(=O)c2ccc(OCc3nc(C)c(C)nc3C)c(OCc3nc(C)c(C)nc3C)c2)nc1C. The molecule has 3 aromatic heterocycles. The van der Waals surface area contributed by atoms with E-state index in [1.165, 1.54) is 0 Å². The van der Waals surface area contributed by atoms with Crippen LogP contribution in [-0.4, -0.2) is 35.9 Å². The maximum Gasteiger partial charge on any atom is 0.338 e. The Morgan fingerprint density at radius 1 is 0.512 bits per heavy atom. The molecule has 0 radical (unpaired) electrons. The molecule has 10 heteroatoms. The number of nitrogens with zero attached hydrogens (tertiary/aromatic N) is 6. The van der Waals surface area contributed by atoms with Crippen molar-refractivity contribution in [2.24, 2.45) is 0 Å². The summed E-state index contributed by atoms with van der Waals surface area (Å²) in [5, 5.41) is 0. The van der Waals surface area contributed by atoms with E-state index in [0.717, 1.165) is 56.9 Å². The van der Waals surface area contributed by atoms with Crippen LogP contribution in [0.15, 0.2) is 18.2 Å². The first-order valence-corrected chi connectivity index (χ1v) is 14.4. The van der Waals surface area contributed by atoms with E-state index in [9.17, 15) is 4.79 Å². The van der Waals surface area contributed by atoms with Gasteiger partial charge in [0.15, 0.2) is 11.5 Å². The molecular formula is C33H42N6O4. The molecule has 0 spiro atoms. The molecule has 4 rings (SSSR count). The zero-order valence-corrected chi connectivity index (χ0v) is 27.2. The van der Waals surface area contributed by atoms with Crippen LogP contribution in [0.4, 0.5) is 0 Å². The van der Waals surface area contributed by atoms with Crippen LogP contribution in [0.5, 0.6) is 11.5 Å². The molecule has 0 amide bonds. The monoisotopic (exact) mass is 586 g/mol. The van der Waals surface area contributed by atoms with E-state index in [0.29, 0.717) is 28.5 Å². The third-order valence-electron chi connectivity index (χ3n) is 6.99. The van der Waals surface area contributed by atoms with E-state index in [4.69, 9.17) is 14.2 Å². The molecule has 228 valence electrons. The predicted octanol–water partition coefficient (Wildman–Crippen LogP) is 6.37. The highest BCUT2D eigenvalue weighted by atomic mass is 16.5. The highest BCUT2D eigenvalue weighted by Crippen LogP contribution is 2.31. The molecule has 0 N–H and O–H groups in total. The van der Waals surface area contributed by atoms with Crippen LogP contribution >= 0.6 is 0 Å². The van der Waals surface area contributed by atoms with Gasteiger partial charge in [-0.25, -0.2) is 4.79 Å². The lowest BCUT2D eigenvalue weighted by Gasteiger charge is -2.16. The van der Waals surface area contributed by atoms with Crippen molar-refractivity contribution in [3.63, 3.8) is 0 Å². The molecule has 0 atom stereocenters. The van der Waals surface area contributed by atoms with E-state index in [2.05, 4.69) is 29.9 Å². The van der Waals surface area contributed by atoms with Gasteiger partial charge >= 0.3 is 5.97 Å². The Kier molecular flexibility index (Phi) is 11.2. The summed E-state index contributed by atoms with van der Waals surface area (Å²) in [6.07, 6.45) is 0. The molecule has 0 saturated carbocycles. The van der Waals surface area contributed by atoms with Crippen molar-refractivity contribution in [3.05, 3.63) is 92.1 Å². The third kappa shape index (κ3) is 8.30. The number of ether oxygens (including phenoxy) is 3. The summed E-state index contributed by atoms with van der Waals surface area (Å²) in [6.45, 7) is 21.4. The molecule has 0 aliphatic carbocycles. The van der Waals surface area contributed by atoms with Crippen molar-refractivity contribution < 1.29 is 19.0 Å². The second-order valence-corrected chi connectivity index (χ2v) is 10.1. The molecule has 4 aromatic rings. The molecular weight excluding hydrogens is 544 g/mol. The second kappa shape index (κ2) is 14.6. The van der Waals surface area contributed by atoms with E-state index in [-0.39, 0.29) is 19.8 Å². The minimum absolute atomic E-state index is 0.00930. The number of carbonyl (C=O) groups excluding carboxylic acids is 1. The topological polar surface area (TPSA) is 122 Å². The zero-order valence-electron chi connectivity index (χ0n) is 27.2. The molecule has 1 aromatic carbocycles. The van der Waals surface area contributed by atoms with Crippen molar-refractivity contribution >= 4 is 5.97 Å². The molecule has 10 nitrogen and oxygen atoms in total. The standard InChI is InChI=1S/C31H36N6O4.C2H6/c1-16-19(4)35-26(22(7)32-16)13-39-29-11-10-25(31(38)41-15-28-24(9)34-18(3)21(6)37-28)12-30(29)40-14-27-23(8)33-17(2)20(5)36-27;1-2/h10-12H,13-15H2,1-9H3;1-2H3. The van der Waals surface area contributed by atoms with Crippen molar-refractivity contribution in [2.45, 2.75) is 96.0 Å². The fourth-order valence-corrected chi connectivity index (χ4v) is 4.07. The normalized spacial score (nSPS) is 10.6. The molecule has 0 fully saturated rings. The number of carbonyl (C=O) groups is 1. The van der Waals surface area contributed by atoms with Gasteiger partial charge in [-0.05, 0) is 80.5 Å². The average molecular weight is 587 g/mol. The lowest BCUT2D eigenvalue weighted by molar-refractivity contribution is 0.0465. The average Bonchev–Trinajstić information content (AvgIpc) is 2.97. The second-order valence-electron chi connectivity index (χ2n) is 10.1. The number of esters is 1. The Hall–Kier alpha value is -4.47. The van der Waals surface area contributed by atoms with Gasteiger partial charge in [0.1, 0.15) is 19.8 Å². The Morgan fingerprint density at radius 3 is 1.33 bits per heavy atom. The Labute approximate surface area is 254 Å². The highest BCUT2D eigenvalue weighted by Gasteiger charge is 2.17. The van der Waals surface area contributed by atoms with Crippen LogP contribution in [0.1, 0.15) is 92.5 Å². The molecule has 0 unspecified atom stereocenters. The van der Waals surface area contributed by atoms with Crippen molar-refractivity contribution in [2.75, 3.05) is 0 Å². The number of benzene rings is 1. The Balaban J connectivity index is 0.00000248. The molecule has 43 heavy (non-hydrogen) atoms. The van der Waals surface area contributed by atoms with Gasteiger partial charge in [-0.15, -0.1) is 0 Å². The van der Waals surface area contributed by atoms with Gasteiger partial charge in [0.2, 0.25) is 0 Å². The number of hydrogen-bond acceptors (Lipinski definition) is 10. The minimum atomic E-state index is -0.515. The summed E-state index contributed by atoms with van der Waals surface area (Å²) in [6, 6.07) is 4.94. The van der Waals surface area contributed by atoms with Gasteiger partial charge in [0.05, 0.1) is 73.9 Å². The third-order valence-corrected chi connectivity index (χ3v) is 6.99. The fraction of sp³-hybridized carbons (Fsp3) is 0.424. The summed E-state index contributed by atoms with van der Waals surface area (Å²) in [4.78, 5) is 40.4. The largest absolute Gasteiger partial charge is 0.483 e. The lowest BCUT2D eigenvalue weighted by Crippen LogP contribution is -2.11. The van der Waals surface area contributed by atoms with E-state index in [1.54, 1.807) is 18.2 Å². The summed E-state index contributed by atoms with van der Waals surface area (Å²) in [5.74, 6) is 0.306. The Morgan fingerprint density at radius 2 is 0.884 bits per heavy atom. The lowest BCUT2D eigenvalue weighted by atomic mass is 10.2. The number of aromatic nitrogens is 6.